The van der Waals surface area contributed by atoms with E-state index in [4.69, 9.17) is 4.84 Å². The highest BCUT2D eigenvalue weighted by Crippen LogP contribution is 2.31. The Labute approximate surface area is 158 Å². The fraction of sp³-hybridized carbons (Fsp3) is 0.0476. The average Bonchev–Trinajstić information content (AvgIpc) is 2.72. The molecule has 7 heteroatoms. The van der Waals surface area contributed by atoms with Gasteiger partial charge in [-0.3, -0.25) is 4.79 Å². The second kappa shape index (κ2) is 7.96. The van der Waals surface area contributed by atoms with Crippen LogP contribution in [0.5, 0.6) is 0 Å². The smallest absolute Gasteiger partial charge is 0.335 e. The number of hydrogen-bond acceptors (Lipinski definition) is 3. The highest BCUT2D eigenvalue weighted by atomic mass is 19.4. The molecule has 1 amide bonds. The van der Waals surface area contributed by atoms with Gasteiger partial charge in [-0.15, -0.1) is 0 Å². The molecule has 0 saturated carbocycles. The Morgan fingerprint density at radius 3 is 2.04 bits per heavy atom. The molecule has 0 radical (unpaired) electrons. The second-order valence-electron chi connectivity index (χ2n) is 5.81. The van der Waals surface area contributed by atoms with E-state index < -0.39 is 23.6 Å². The van der Waals surface area contributed by atoms with E-state index in [1.54, 1.807) is 36.4 Å². The van der Waals surface area contributed by atoms with Gasteiger partial charge in [-0.1, -0.05) is 48.5 Å². The minimum atomic E-state index is -4.44. The molecule has 0 aliphatic carbocycles. The van der Waals surface area contributed by atoms with Crippen LogP contribution >= 0.6 is 0 Å². The molecule has 0 unspecified atom stereocenters. The number of amides is 1. The van der Waals surface area contributed by atoms with E-state index in [2.05, 4.69) is 5.48 Å². The lowest BCUT2D eigenvalue weighted by molar-refractivity contribution is -0.137. The van der Waals surface area contributed by atoms with Gasteiger partial charge >= 0.3 is 12.1 Å². The molecule has 0 aliphatic rings. The number of hydrogen-bond donors (Lipinski definition) is 1. The van der Waals surface area contributed by atoms with E-state index in [9.17, 15) is 22.8 Å². The third kappa shape index (κ3) is 4.37. The van der Waals surface area contributed by atoms with Crippen molar-refractivity contribution in [2.24, 2.45) is 0 Å². The van der Waals surface area contributed by atoms with Crippen molar-refractivity contribution in [3.63, 3.8) is 0 Å². The Balaban J connectivity index is 1.78. The van der Waals surface area contributed by atoms with Crippen molar-refractivity contribution in [3.8, 4) is 11.1 Å². The predicted molar refractivity (Wildman–Crippen MR) is 96.2 cm³/mol. The van der Waals surface area contributed by atoms with Crippen molar-refractivity contribution < 1.29 is 27.6 Å². The van der Waals surface area contributed by atoms with Gasteiger partial charge < -0.3 is 4.84 Å². The maximum atomic E-state index is 12.7. The molecule has 0 spiro atoms. The number of carbonyl (C=O) groups is 2. The van der Waals surface area contributed by atoms with Crippen LogP contribution in [0.4, 0.5) is 13.2 Å². The van der Waals surface area contributed by atoms with Crippen LogP contribution < -0.4 is 5.48 Å². The summed E-state index contributed by atoms with van der Waals surface area (Å²) < 4.78 is 38.2. The Morgan fingerprint density at radius 1 is 0.786 bits per heavy atom. The summed E-state index contributed by atoms with van der Waals surface area (Å²) in [6, 6.07) is 18.9. The highest BCUT2D eigenvalue weighted by Gasteiger charge is 2.30. The van der Waals surface area contributed by atoms with Crippen LogP contribution in [-0.4, -0.2) is 11.9 Å². The first kappa shape index (κ1) is 19.2. The predicted octanol–water partition coefficient (Wildman–Crippen LogP) is 4.87. The molecule has 4 nitrogen and oxygen atoms in total. The summed E-state index contributed by atoms with van der Waals surface area (Å²) in [6.07, 6.45) is -4.44. The van der Waals surface area contributed by atoms with Crippen molar-refractivity contribution >= 4 is 11.9 Å². The number of benzene rings is 3. The van der Waals surface area contributed by atoms with Gasteiger partial charge in [0.25, 0.3) is 5.91 Å². The van der Waals surface area contributed by atoms with Crippen LogP contribution in [0.1, 0.15) is 26.3 Å². The van der Waals surface area contributed by atoms with Crippen molar-refractivity contribution in [2.75, 3.05) is 0 Å². The van der Waals surface area contributed by atoms with E-state index in [0.29, 0.717) is 11.1 Å². The van der Waals surface area contributed by atoms with Crippen LogP contribution in [0.25, 0.3) is 11.1 Å². The zero-order chi connectivity index (χ0) is 20.1. The van der Waals surface area contributed by atoms with Gasteiger partial charge in [0.15, 0.2) is 0 Å². The van der Waals surface area contributed by atoms with E-state index in [1.165, 1.54) is 30.3 Å². The van der Waals surface area contributed by atoms with Crippen LogP contribution in [-0.2, 0) is 11.0 Å². The Bertz CT molecular complexity index is 984. The molecule has 0 heterocycles. The van der Waals surface area contributed by atoms with Crippen LogP contribution in [0.15, 0.2) is 78.9 Å². The van der Waals surface area contributed by atoms with Gasteiger partial charge in [0.05, 0.1) is 16.7 Å². The summed E-state index contributed by atoms with van der Waals surface area (Å²) in [4.78, 5) is 29.2. The maximum absolute atomic E-state index is 12.7. The Hall–Kier alpha value is -3.61. The maximum Gasteiger partial charge on any atom is 0.416 e. The summed E-state index contributed by atoms with van der Waals surface area (Å²) >= 11 is 0. The standard InChI is InChI=1S/C21H14F3NO3/c22-21(23,24)16-12-10-14(11-13-16)17-8-4-5-9-18(17)19(26)25-28-20(27)15-6-2-1-3-7-15/h1-13H,(H,25,26). The van der Waals surface area contributed by atoms with Crippen molar-refractivity contribution in [1.82, 2.24) is 5.48 Å². The quantitative estimate of drug-likeness (QED) is 0.654. The molecule has 0 aromatic heterocycles. The minimum Gasteiger partial charge on any atom is -0.335 e. The Kier molecular flexibility index (Phi) is 5.44. The van der Waals surface area contributed by atoms with Gasteiger partial charge in [-0.25, -0.2) is 4.79 Å². The van der Waals surface area contributed by atoms with E-state index in [1.807, 2.05) is 0 Å². The van der Waals surface area contributed by atoms with Gasteiger partial charge in [-0.2, -0.15) is 18.7 Å². The molecule has 3 rings (SSSR count). The molecule has 0 aliphatic heterocycles. The molecule has 3 aromatic carbocycles. The summed E-state index contributed by atoms with van der Waals surface area (Å²) in [5.74, 6) is -1.43. The van der Waals surface area contributed by atoms with E-state index in [0.717, 1.165) is 12.1 Å². The highest BCUT2D eigenvalue weighted by molar-refractivity contribution is 6.01. The van der Waals surface area contributed by atoms with Crippen LogP contribution in [0.3, 0.4) is 0 Å². The summed E-state index contributed by atoms with van der Waals surface area (Å²) in [5, 5.41) is 0. The number of halogens is 3. The average molecular weight is 385 g/mol. The topological polar surface area (TPSA) is 55.4 Å². The van der Waals surface area contributed by atoms with Crippen molar-refractivity contribution in [3.05, 3.63) is 95.6 Å². The van der Waals surface area contributed by atoms with Crippen LogP contribution in [0.2, 0.25) is 0 Å². The van der Waals surface area contributed by atoms with Gasteiger partial charge in [0.1, 0.15) is 0 Å². The molecule has 0 saturated heterocycles. The number of nitrogens with one attached hydrogen (secondary N) is 1. The molecule has 0 bridgehead atoms. The lowest BCUT2D eigenvalue weighted by Gasteiger charge is -2.12. The number of rotatable bonds is 3. The molecule has 28 heavy (non-hydrogen) atoms. The second-order valence-corrected chi connectivity index (χ2v) is 5.81. The largest absolute Gasteiger partial charge is 0.416 e. The number of carbonyl (C=O) groups excluding carboxylic acids is 2. The van der Waals surface area contributed by atoms with E-state index >= 15 is 0 Å². The molecular formula is C21H14F3NO3. The molecule has 0 fully saturated rings. The summed E-state index contributed by atoms with van der Waals surface area (Å²) in [6.45, 7) is 0. The zero-order valence-electron chi connectivity index (χ0n) is 14.4. The minimum absolute atomic E-state index is 0.156. The van der Waals surface area contributed by atoms with Gasteiger partial charge in [0.2, 0.25) is 0 Å². The number of alkyl halides is 3. The molecule has 1 N–H and O–H groups in total. The lowest BCUT2D eigenvalue weighted by Crippen LogP contribution is -2.27. The molecule has 3 aromatic rings. The molecular weight excluding hydrogens is 371 g/mol. The first-order chi connectivity index (χ1) is 13.4. The normalized spacial score (nSPS) is 11.0. The molecule has 0 atom stereocenters. The SMILES string of the molecule is O=C(ONC(=O)c1ccccc1-c1ccc(C(F)(F)F)cc1)c1ccccc1. The fourth-order valence-electron chi connectivity index (χ4n) is 2.55. The fourth-order valence-corrected chi connectivity index (χ4v) is 2.55. The lowest BCUT2D eigenvalue weighted by atomic mass is 9.98. The van der Waals surface area contributed by atoms with Crippen molar-refractivity contribution in [2.45, 2.75) is 6.18 Å². The third-order valence-corrected chi connectivity index (χ3v) is 3.94. The number of hydroxylamine groups is 1. The molecule has 142 valence electrons. The first-order valence-corrected chi connectivity index (χ1v) is 8.19. The van der Waals surface area contributed by atoms with E-state index in [-0.39, 0.29) is 11.1 Å². The monoisotopic (exact) mass is 385 g/mol. The van der Waals surface area contributed by atoms with Crippen molar-refractivity contribution in [1.29, 1.82) is 0 Å². The van der Waals surface area contributed by atoms with Gasteiger partial charge in [-0.05, 0) is 41.5 Å². The summed E-state index contributed by atoms with van der Waals surface area (Å²) in [7, 11) is 0. The third-order valence-electron chi connectivity index (χ3n) is 3.94. The van der Waals surface area contributed by atoms with Crippen LogP contribution in [0, 0.1) is 0 Å². The Morgan fingerprint density at radius 2 is 1.39 bits per heavy atom. The summed E-state index contributed by atoms with van der Waals surface area (Å²) in [5.41, 5.74) is 2.54. The first-order valence-electron chi connectivity index (χ1n) is 8.19. The van der Waals surface area contributed by atoms with Gasteiger partial charge in [0, 0.05) is 0 Å². The zero-order valence-corrected chi connectivity index (χ0v) is 14.4.